The Morgan fingerprint density at radius 3 is 2.29 bits per heavy atom. The van der Waals surface area contributed by atoms with E-state index in [2.05, 4.69) is 23.7 Å². The molecule has 2 aromatic rings. The summed E-state index contributed by atoms with van der Waals surface area (Å²) in [7, 11) is 1.27. The third-order valence-electron chi connectivity index (χ3n) is 3.70. The molecule has 0 aliphatic carbocycles. The number of rotatable bonds is 7. The maximum atomic E-state index is 12.0. The van der Waals surface area contributed by atoms with Crippen LogP contribution >= 0.6 is 0 Å². The first-order valence-electron chi connectivity index (χ1n) is 8.15. The molecule has 0 aliphatic rings. The minimum absolute atomic E-state index is 0.366. The van der Waals surface area contributed by atoms with Crippen LogP contribution in [0.25, 0.3) is 11.0 Å². The molecule has 2 rings (SSSR count). The molecule has 126 valence electrons. The van der Waals surface area contributed by atoms with Crippen molar-refractivity contribution in [2.45, 2.75) is 32.6 Å². The van der Waals surface area contributed by atoms with Crippen LogP contribution in [0.2, 0.25) is 0 Å². The number of hydrogen-bond donors (Lipinski definition) is 0. The van der Waals surface area contributed by atoms with E-state index in [9.17, 15) is 10.1 Å². The van der Waals surface area contributed by atoms with Gasteiger partial charge in [0, 0.05) is 13.1 Å². The number of aromatic nitrogens is 2. The summed E-state index contributed by atoms with van der Waals surface area (Å²) in [5.41, 5.74) is 1.77. The highest BCUT2D eigenvalue weighted by atomic mass is 16.5. The van der Waals surface area contributed by atoms with Gasteiger partial charge in [0.05, 0.1) is 24.2 Å². The van der Waals surface area contributed by atoms with Crippen molar-refractivity contribution >= 4 is 22.8 Å². The van der Waals surface area contributed by atoms with Crippen LogP contribution in [0.1, 0.15) is 38.3 Å². The van der Waals surface area contributed by atoms with E-state index in [1.165, 1.54) is 7.11 Å². The second-order valence-corrected chi connectivity index (χ2v) is 5.49. The molecular formula is C18H22N4O2. The first kappa shape index (κ1) is 17.7. The fraction of sp³-hybridized carbons (Fsp3) is 0.444. The third-order valence-corrected chi connectivity index (χ3v) is 3.70. The van der Waals surface area contributed by atoms with Crippen molar-refractivity contribution in [2.24, 2.45) is 0 Å². The summed E-state index contributed by atoms with van der Waals surface area (Å²) in [4.78, 5) is 23.4. The van der Waals surface area contributed by atoms with Crippen LogP contribution in [-0.4, -0.2) is 36.1 Å². The minimum Gasteiger partial charge on any atom is -0.468 e. The number of carbonyl (C=O) groups is 1. The Balaban J connectivity index is 2.66. The molecule has 0 aliphatic heterocycles. The summed E-state index contributed by atoms with van der Waals surface area (Å²) in [6.07, 6.45) is 1.87. The van der Waals surface area contributed by atoms with E-state index in [1.807, 2.05) is 30.3 Å². The van der Waals surface area contributed by atoms with Gasteiger partial charge in [0.25, 0.3) is 0 Å². The van der Waals surface area contributed by atoms with Gasteiger partial charge in [-0.2, -0.15) is 5.26 Å². The lowest BCUT2D eigenvalue weighted by Crippen LogP contribution is -2.29. The summed E-state index contributed by atoms with van der Waals surface area (Å²) in [5, 5.41) is 9.48. The summed E-state index contributed by atoms with van der Waals surface area (Å²) < 4.78 is 4.78. The normalized spacial score (nSPS) is 11.8. The standard InChI is InChI=1S/C18H22N4O2/c1-4-10-22(11-5-2)17-16(13(12-19)18(23)24-3)20-14-8-6-7-9-15(14)21-17/h6-9,13H,4-5,10-11H2,1-3H3. The molecule has 0 spiro atoms. The fourth-order valence-corrected chi connectivity index (χ4v) is 2.64. The van der Waals surface area contributed by atoms with Crippen LogP contribution in [-0.2, 0) is 9.53 Å². The van der Waals surface area contributed by atoms with Crippen molar-refractivity contribution in [3.8, 4) is 6.07 Å². The lowest BCUT2D eigenvalue weighted by molar-refractivity contribution is -0.141. The summed E-state index contributed by atoms with van der Waals surface area (Å²) in [6.45, 7) is 5.73. The number of ether oxygens (including phenoxy) is 1. The fourth-order valence-electron chi connectivity index (χ4n) is 2.64. The Labute approximate surface area is 142 Å². The van der Waals surface area contributed by atoms with Crippen molar-refractivity contribution in [2.75, 3.05) is 25.1 Å². The second kappa shape index (κ2) is 8.25. The first-order chi connectivity index (χ1) is 11.7. The van der Waals surface area contributed by atoms with Gasteiger partial charge in [0.2, 0.25) is 0 Å². The SMILES string of the molecule is CCCN(CCC)c1nc2ccccc2nc1C(C#N)C(=O)OC. The number of nitrogens with zero attached hydrogens (tertiary/aromatic N) is 4. The van der Waals surface area contributed by atoms with Crippen molar-refractivity contribution in [3.05, 3.63) is 30.0 Å². The van der Waals surface area contributed by atoms with Crippen LogP contribution in [0.15, 0.2) is 24.3 Å². The maximum Gasteiger partial charge on any atom is 0.329 e. The monoisotopic (exact) mass is 326 g/mol. The lowest BCUT2D eigenvalue weighted by atomic mass is 10.1. The van der Waals surface area contributed by atoms with Crippen molar-refractivity contribution in [1.82, 2.24) is 9.97 Å². The number of hydrogen-bond acceptors (Lipinski definition) is 6. The van der Waals surface area contributed by atoms with E-state index in [0.29, 0.717) is 17.0 Å². The molecular weight excluding hydrogens is 304 g/mol. The predicted molar refractivity (Wildman–Crippen MR) is 92.7 cm³/mol. The summed E-state index contributed by atoms with van der Waals surface area (Å²) in [6, 6.07) is 9.47. The summed E-state index contributed by atoms with van der Waals surface area (Å²) >= 11 is 0. The molecule has 6 nitrogen and oxygen atoms in total. The van der Waals surface area contributed by atoms with E-state index in [4.69, 9.17) is 9.72 Å². The smallest absolute Gasteiger partial charge is 0.329 e. The molecule has 0 bridgehead atoms. The maximum absolute atomic E-state index is 12.0. The van der Waals surface area contributed by atoms with Crippen LogP contribution in [0, 0.1) is 11.3 Å². The van der Waals surface area contributed by atoms with Gasteiger partial charge in [-0.25, -0.2) is 9.97 Å². The molecule has 0 amide bonds. The van der Waals surface area contributed by atoms with Gasteiger partial charge in [-0.3, -0.25) is 4.79 Å². The van der Waals surface area contributed by atoms with Crippen molar-refractivity contribution < 1.29 is 9.53 Å². The number of nitriles is 1. The summed E-state index contributed by atoms with van der Waals surface area (Å²) in [5.74, 6) is -1.11. The Kier molecular flexibility index (Phi) is 6.07. The number of esters is 1. The molecule has 0 saturated carbocycles. The molecule has 6 heteroatoms. The Bertz CT molecular complexity index is 748. The molecule has 24 heavy (non-hydrogen) atoms. The Hall–Kier alpha value is -2.68. The zero-order valence-electron chi connectivity index (χ0n) is 14.3. The molecule has 0 N–H and O–H groups in total. The number of fused-ring (bicyclic) bond motifs is 1. The number of methoxy groups -OCH3 is 1. The van der Waals surface area contributed by atoms with Crippen molar-refractivity contribution in [3.63, 3.8) is 0 Å². The minimum atomic E-state index is -1.08. The topological polar surface area (TPSA) is 79.1 Å². The zero-order chi connectivity index (χ0) is 17.5. The molecule has 1 heterocycles. The van der Waals surface area contributed by atoms with Crippen LogP contribution < -0.4 is 4.90 Å². The second-order valence-electron chi connectivity index (χ2n) is 5.49. The molecule has 1 unspecified atom stereocenters. The van der Waals surface area contributed by atoms with Gasteiger partial charge in [-0.05, 0) is 25.0 Å². The van der Waals surface area contributed by atoms with E-state index >= 15 is 0 Å². The Morgan fingerprint density at radius 1 is 1.21 bits per heavy atom. The third kappa shape index (κ3) is 3.62. The number of carbonyl (C=O) groups excluding carboxylic acids is 1. The number of para-hydroxylation sites is 2. The highest BCUT2D eigenvalue weighted by Crippen LogP contribution is 2.28. The highest BCUT2D eigenvalue weighted by Gasteiger charge is 2.29. The molecule has 1 aromatic carbocycles. The average Bonchev–Trinajstić information content (AvgIpc) is 2.61. The molecule has 1 aromatic heterocycles. The van der Waals surface area contributed by atoms with Crippen LogP contribution in [0.3, 0.4) is 0 Å². The van der Waals surface area contributed by atoms with Crippen LogP contribution in [0.4, 0.5) is 5.82 Å². The van der Waals surface area contributed by atoms with Gasteiger partial charge < -0.3 is 9.64 Å². The highest BCUT2D eigenvalue weighted by molar-refractivity contribution is 5.85. The molecule has 0 fully saturated rings. The average molecular weight is 326 g/mol. The van der Waals surface area contributed by atoms with Gasteiger partial charge in [-0.15, -0.1) is 0 Å². The number of anilines is 1. The van der Waals surface area contributed by atoms with Gasteiger partial charge >= 0.3 is 5.97 Å². The van der Waals surface area contributed by atoms with E-state index in [1.54, 1.807) is 0 Å². The molecule has 0 radical (unpaired) electrons. The first-order valence-corrected chi connectivity index (χ1v) is 8.15. The quantitative estimate of drug-likeness (QED) is 0.728. The molecule has 0 saturated heterocycles. The molecule has 1 atom stereocenters. The van der Waals surface area contributed by atoms with Crippen molar-refractivity contribution in [1.29, 1.82) is 5.26 Å². The zero-order valence-corrected chi connectivity index (χ0v) is 14.3. The lowest BCUT2D eigenvalue weighted by Gasteiger charge is -2.25. The predicted octanol–water partition coefficient (Wildman–Crippen LogP) is 3.04. The van der Waals surface area contributed by atoms with Gasteiger partial charge in [0.15, 0.2) is 11.7 Å². The number of benzene rings is 1. The van der Waals surface area contributed by atoms with Gasteiger partial charge in [0.1, 0.15) is 5.69 Å². The van der Waals surface area contributed by atoms with Crippen LogP contribution in [0.5, 0.6) is 0 Å². The van der Waals surface area contributed by atoms with E-state index < -0.39 is 11.9 Å². The van der Waals surface area contributed by atoms with E-state index in [-0.39, 0.29) is 0 Å². The Morgan fingerprint density at radius 2 is 1.79 bits per heavy atom. The van der Waals surface area contributed by atoms with E-state index in [0.717, 1.165) is 31.4 Å². The largest absolute Gasteiger partial charge is 0.468 e. The van der Waals surface area contributed by atoms with Gasteiger partial charge in [-0.1, -0.05) is 26.0 Å².